The molecule has 4 atom stereocenters. The van der Waals surface area contributed by atoms with Crippen LogP contribution in [0, 0.1) is 0 Å². The van der Waals surface area contributed by atoms with Crippen molar-refractivity contribution in [2.45, 2.75) is 69.2 Å². The Bertz CT molecular complexity index is 543. The van der Waals surface area contributed by atoms with E-state index >= 15 is 0 Å². The molecule has 5 nitrogen and oxygen atoms in total. The summed E-state index contributed by atoms with van der Waals surface area (Å²) in [5, 5.41) is 9.34. The summed E-state index contributed by atoms with van der Waals surface area (Å²) in [5.41, 5.74) is 0.973. The number of thiazole rings is 1. The van der Waals surface area contributed by atoms with E-state index in [1.54, 1.807) is 11.3 Å². The van der Waals surface area contributed by atoms with Crippen LogP contribution in [0.4, 0.5) is 4.79 Å². The molecule has 4 rings (SSSR count). The summed E-state index contributed by atoms with van der Waals surface area (Å²) in [5.74, 6) is 0.677. The third-order valence-electron chi connectivity index (χ3n) is 4.68. The van der Waals surface area contributed by atoms with Crippen molar-refractivity contribution in [3.05, 3.63) is 16.1 Å². The summed E-state index contributed by atoms with van der Waals surface area (Å²) in [6, 6.07) is 0.0197. The van der Waals surface area contributed by atoms with Crippen LogP contribution in [0.2, 0.25) is 0 Å². The van der Waals surface area contributed by atoms with Crippen LogP contribution in [0.25, 0.3) is 0 Å². The minimum atomic E-state index is -0.107. The van der Waals surface area contributed by atoms with E-state index in [1.165, 1.54) is 17.8 Å². The molecular weight excluding hydrogens is 286 g/mol. The molecule has 3 heterocycles. The molecule has 0 spiro atoms. The number of rotatable bonds is 4. The SMILES string of the molecule is C[C@H](NC(=O)N[C@H]1C[C@H]2CC[C@H]1O2)c1csc(C2CC2)n1. The highest BCUT2D eigenvalue weighted by Crippen LogP contribution is 2.41. The van der Waals surface area contributed by atoms with E-state index in [0.29, 0.717) is 12.0 Å². The third-order valence-corrected chi connectivity index (χ3v) is 5.71. The summed E-state index contributed by atoms with van der Waals surface area (Å²) in [4.78, 5) is 16.8. The lowest BCUT2D eigenvalue weighted by atomic mass is 9.96. The number of amides is 2. The first-order valence-corrected chi connectivity index (χ1v) is 8.75. The van der Waals surface area contributed by atoms with E-state index in [2.05, 4.69) is 21.0 Å². The molecule has 1 saturated carbocycles. The average Bonchev–Trinajstić information content (AvgIpc) is 2.90. The van der Waals surface area contributed by atoms with Crippen LogP contribution < -0.4 is 10.6 Å². The zero-order valence-electron chi connectivity index (χ0n) is 12.2. The number of nitrogens with zero attached hydrogens (tertiary/aromatic N) is 1. The van der Waals surface area contributed by atoms with Gasteiger partial charge in [-0.1, -0.05) is 0 Å². The maximum atomic E-state index is 12.1. The van der Waals surface area contributed by atoms with Crippen molar-refractivity contribution in [2.24, 2.45) is 0 Å². The first-order valence-electron chi connectivity index (χ1n) is 7.87. The standard InChI is InChI=1S/C15H21N3O2S/c1-8(12-7-21-14(17-12)9-2-3-9)16-15(19)18-11-6-10-4-5-13(11)20-10/h7-11,13H,2-6H2,1H3,(H2,16,18,19)/t8-,10+,11-,13+/m0/s1. The summed E-state index contributed by atoms with van der Waals surface area (Å²) in [7, 11) is 0. The average molecular weight is 307 g/mol. The summed E-state index contributed by atoms with van der Waals surface area (Å²) in [6.07, 6.45) is 6.27. The van der Waals surface area contributed by atoms with Crippen molar-refractivity contribution in [3.63, 3.8) is 0 Å². The van der Waals surface area contributed by atoms with Gasteiger partial charge in [0.2, 0.25) is 0 Å². The quantitative estimate of drug-likeness (QED) is 0.899. The molecule has 0 aromatic carbocycles. The first kappa shape index (κ1) is 13.5. The van der Waals surface area contributed by atoms with E-state index in [0.717, 1.165) is 25.0 Å². The van der Waals surface area contributed by atoms with Crippen LogP contribution in [0.15, 0.2) is 5.38 Å². The monoisotopic (exact) mass is 307 g/mol. The van der Waals surface area contributed by atoms with Gasteiger partial charge in [-0.3, -0.25) is 0 Å². The van der Waals surface area contributed by atoms with Gasteiger partial charge in [0.05, 0.1) is 35.0 Å². The van der Waals surface area contributed by atoms with Crippen LogP contribution in [-0.2, 0) is 4.74 Å². The molecule has 21 heavy (non-hydrogen) atoms. The molecule has 2 saturated heterocycles. The molecule has 2 N–H and O–H groups in total. The first-order chi connectivity index (χ1) is 10.2. The fourth-order valence-electron chi connectivity index (χ4n) is 3.29. The number of hydrogen-bond acceptors (Lipinski definition) is 4. The van der Waals surface area contributed by atoms with Crippen molar-refractivity contribution in [1.82, 2.24) is 15.6 Å². The van der Waals surface area contributed by atoms with E-state index in [9.17, 15) is 4.79 Å². The van der Waals surface area contributed by atoms with E-state index in [1.807, 2.05) is 6.92 Å². The summed E-state index contributed by atoms with van der Waals surface area (Å²) < 4.78 is 5.76. The molecule has 2 bridgehead atoms. The fourth-order valence-corrected chi connectivity index (χ4v) is 4.37. The van der Waals surface area contributed by atoms with Crippen LogP contribution in [0.1, 0.15) is 61.7 Å². The zero-order valence-corrected chi connectivity index (χ0v) is 13.0. The van der Waals surface area contributed by atoms with Gasteiger partial charge in [0.15, 0.2) is 0 Å². The Morgan fingerprint density at radius 3 is 2.95 bits per heavy atom. The molecule has 2 amide bonds. The highest BCUT2D eigenvalue weighted by molar-refractivity contribution is 7.09. The van der Waals surface area contributed by atoms with E-state index in [-0.39, 0.29) is 24.2 Å². The van der Waals surface area contributed by atoms with Crippen LogP contribution >= 0.6 is 11.3 Å². The normalized spacial score (nSPS) is 32.1. The van der Waals surface area contributed by atoms with Gasteiger partial charge >= 0.3 is 6.03 Å². The molecule has 0 unspecified atom stereocenters. The Hall–Kier alpha value is -1.14. The number of nitrogens with one attached hydrogen (secondary N) is 2. The van der Waals surface area contributed by atoms with Crippen molar-refractivity contribution >= 4 is 17.4 Å². The van der Waals surface area contributed by atoms with Crippen molar-refractivity contribution in [1.29, 1.82) is 0 Å². The van der Waals surface area contributed by atoms with Crippen molar-refractivity contribution < 1.29 is 9.53 Å². The number of aromatic nitrogens is 1. The molecule has 1 aromatic heterocycles. The molecular formula is C15H21N3O2S. The molecule has 2 aliphatic heterocycles. The lowest BCUT2D eigenvalue weighted by Gasteiger charge is -2.21. The van der Waals surface area contributed by atoms with Gasteiger partial charge in [-0.25, -0.2) is 9.78 Å². The molecule has 3 fully saturated rings. The number of urea groups is 1. The van der Waals surface area contributed by atoms with Gasteiger partial charge in [-0.05, 0) is 39.0 Å². The fraction of sp³-hybridized carbons (Fsp3) is 0.733. The van der Waals surface area contributed by atoms with E-state index in [4.69, 9.17) is 4.74 Å². The number of fused-ring (bicyclic) bond motifs is 2. The van der Waals surface area contributed by atoms with Crippen LogP contribution in [0.5, 0.6) is 0 Å². The maximum absolute atomic E-state index is 12.1. The number of ether oxygens (including phenoxy) is 1. The second kappa shape index (κ2) is 5.25. The minimum Gasteiger partial charge on any atom is -0.373 e. The van der Waals surface area contributed by atoms with Crippen LogP contribution in [0.3, 0.4) is 0 Å². The van der Waals surface area contributed by atoms with Gasteiger partial charge in [0.25, 0.3) is 0 Å². The van der Waals surface area contributed by atoms with Crippen molar-refractivity contribution in [3.8, 4) is 0 Å². The van der Waals surface area contributed by atoms with Gasteiger partial charge in [-0.2, -0.15) is 0 Å². The molecule has 1 aromatic rings. The topological polar surface area (TPSA) is 63.2 Å². The second-order valence-corrected chi connectivity index (χ2v) is 7.33. The smallest absolute Gasteiger partial charge is 0.315 e. The predicted molar refractivity (Wildman–Crippen MR) is 80.5 cm³/mol. The minimum absolute atomic E-state index is 0.0479. The molecule has 114 valence electrons. The highest BCUT2D eigenvalue weighted by Gasteiger charge is 2.41. The van der Waals surface area contributed by atoms with Gasteiger partial charge in [0, 0.05) is 11.3 Å². The highest BCUT2D eigenvalue weighted by atomic mass is 32.1. The maximum Gasteiger partial charge on any atom is 0.315 e. The molecule has 1 aliphatic carbocycles. The Balaban J connectivity index is 1.30. The molecule has 6 heteroatoms. The number of hydrogen-bond donors (Lipinski definition) is 2. The van der Waals surface area contributed by atoms with Gasteiger partial charge in [-0.15, -0.1) is 11.3 Å². The number of carbonyl (C=O) groups is 1. The summed E-state index contributed by atoms with van der Waals surface area (Å²) in [6.45, 7) is 1.99. The van der Waals surface area contributed by atoms with Gasteiger partial charge < -0.3 is 15.4 Å². The van der Waals surface area contributed by atoms with Crippen molar-refractivity contribution in [2.75, 3.05) is 0 Å². The van der Waals surface area contributed by atoms with E-state index < -0.39 is 0 Å². The number of carbonyl (C=O) groups excluding carboxylic acids is 1. The van der Waals surface area contributed by atoms with Gasteiger partial charge in [0.1, 0.15) is 0 Å². The zero-order chi connectivity index (χ0) is 14.4. The Kier molecular flexibility index (Phi) is 3.38. The Morgan fingerprint density at radius 1 is 1.43 bits per heavy atom. The Labute approximate surface area is 128 Å². The largest absolute Gasteiger partial charge is 0.373 e. The molecule has 3 aliphatic rings. The lowest BCUT2D eigenvalue weighted by Crippen LogP contribution is -2.46. The second-order valence-electron chi connectivity index (χ2n) is 6.44. The summed E-state index contributed by atoms with van der Waals surface area (Å²) >= 11 is 1.72. The third kappa shape index (κ3) is 2.79. The lowest BCUT2D eigenvalue weighted by molar-refractivity contribution is 0.0980. The molecule has 0 radical (unpaired) electrons. The van der Waals surface area contributed by atoms with Crippen LogP contribution in [-0.4, -0.2) is 29.3 Å². The predicted octanol–water partition coefficient (Wildman–Crippen LogP) is 2.70. The Morgan fingerprint density at radius 2 is 2.29 bits per heavy atom.